The van der Waals surface area contributed by atoms with E-state index in [1.54, 1.807) is 0 Å². The predicted octanol–water partition coefficient (Wildman–Crippen LogP) is 8.28. The van der Waals surface area contributed by atoms with Crippen molar-refractivity contribution in [3.63, 3.8) is 0 Å². The Hall–Kier alpha value is -4.21. The van der Waals surface area contributed by atoms with Gasteiger partial charge in [-0.25, -0.2) is 4.98 Å². The summed E-state index contributed by atoms with van der Waals surface area (Å²) in [7, 11) is -1.20. The van der Waals surface area contributed by atoms with Gasteiger partial charge in [0.1, 0.15) is 18.2 Å². The molecule has 0 aliphatic carbocycles. The molecule has 2 aliphatic heterocycles. The molecular weight excluding hydrogens is 645 g/mol. The summed E-state index contributed by atoms with van der Waals surface area (Å²) in [4.78, 5) is 21.4. The van der Waals surface area contributed by atoms with Gasteiger partial charge in [-0.15, -0.1) is 0 Å². The maximum Gasteiger partial charge on any atom is 0.251 e. The van der Waals surface area contributed by atoms with Gasteiger partial charge in [0, 0.05) is 60.7 Å². The van der Waals surface area contributed by atoms with Crippen LogP contribution in [0.5, 0.6) is 5.75 Å². The minimum absolute atomic E-state index is 0.118. The molecule has 3 heterocycles. The molecular formula is C41H50N4O4S. The Labute approximate surface area is 299 Å². The van der Waals surface area contributed by atoms with E-state index >= 15 is 0 Å². The van der Waals surface area contributed by atoms with Crippen LogP contribution in [0.15, 0.2) is 83.4 Å². The third kappa shape index (κ3) is 9.11. The molecule has 3 aromatic carbocycles. The van der Waals surface area contributed by atoms with Gasteiger partial charge in [0.2, 0.25) is 0 Å². The molecule has 1 atom stereocenters. The van der Waals surface area contributed by atoms with Gasteiger partial charge in [0.25, 0.3) is 5.91 Å². The number of rotatable bonds is 15. The Morgan fingerprint density at radius 1 is 0.940 bits per heavy atom. The third-order valence-electron chi connectivity index (χ3n) is 9.26. The zero-order valence-electron chi connectivity index (χ0n) is 29.7. The molecule has 1 amide bonds. The summed E-state index contributed by atoms with van der Waals surface area (Å²) in [6.07, 6.45) is 10.0. The maximum atomic E-state index is 13.7. The summed E-state index contributed by atoms with van der Waals surface area (Å²) in [6.45, 7) is 11.1. The standard InChI is InChI=1S/C41H50N4O4S/c1-4-5-22-48-23-24-49-37-14-9-31(10-15-37)32-11-18-39-34(25-32)26-33(19-21-44(39)28-30(2)3)41(46)43-35-12-16-38(17-13-35)50(47)29-36-27-42-40-8-6-7-20-45(36)40/h9-18,25-27,30H,4-8,19-24,28-29H2,1-3H3,(H,43,46). The molecule has 1 unspecified atom stereocenters. The van der Waals surface area contributed by atoms with Gasteiger partial charge >= 0.3 is 0 Å². The lowest BCUT2D eigenvalue weighted by atomic mass is 10.00. The van der Waals surface area contributed by atoms with Gasteiger partial charge in [0.15, 0.2) is 0 Å². The SMILES string of the molecule is CCCCOCCOc1ccc(-c2ccc3c(c2)C=C(C(=O)Nc2ccc(S(=O)Cc4cnc5n4CCCC5)cc2)CCN3CC(C)C)cc1. The highest BCUT2D eigenvalue weighted by Gasteiger charge is 2.22. The fraction of sp³-hybridized carbons (Fsp3) is 0.415. The number of unbranched alkanes of at least 4 members (excludes halogenated alkanes) is 1. The van der Waals surface area contributed by atoms with E-state index in [1.807, 2.05) is 48.7 Å². The quantitative estimate of drug-likeness (QED) is 0.126. The first-order valence-corrected chi connectivity index (χ1v) is 19.4. The molecule has 264 valence electrons. The number of aromatic nitrogens is 2. The Kier molecular flexibility index (Phi) is 12.2. The summed E-state index contributed by atoms with van der Waals surface area (Å²) in [5.41, 5.74) is 6.78. The summed E-state index contributed by atoms with van der Waals surface area (Å²) in [6, 6.07) is 22.1. The molecule has 0 fully saturated rings. The topological polar surface area (TPSA) is 85.7 Å². The van der Waals surface area contributed by atoms with Crippen molar-refractivity contribution in [3.8, 4) is 16.9 Å². The van der Waals surface area contributed by atoms with Crippen LogP contribution in [-0.2, 0) is 39.0 Å². The van der Waals surface area contributed by atoms with E-state index in [-0.39, 0.29) is 5.91 Å². The molecule has 0 saturated carbocycles. The highest BCUT2D eigenvalue weighted by Crippen LogP contribution is 2.34. The Morgan fingerprint density at radius 2 is 1.74 bits per heavy atom. The fourth-order valence-electron chi connectivity index (χ4n) is 6.61. The summed E-state index contributed by atoms with van der Waals surface area (Å²) < 4.78 is 26.9. The van der Waals surface area contributed by atoms with Crippen LogP contribution in [0.25, 0.3) is 17.2 Å². The number of nitrogens with zero attached hydrogens (tertiary/aromatic N) is 3. The molecule has 1 N–H and O–H groups in total. The van der Waals surface area contributed by atoms with E-state index in [9.17, 15) is 9.00 Å². The first-order chi connectivity index (χ1) is 24.4. The fourth-order valence-corrected chi connectivity index (χ4v) is 7.71. The van der Waals surface area contributed by atoms with Crippen molar-refractivity contribution in [2.75, 3.05) is 43.1 Å². The number of ether oxygens (including phenoxy) is 2. The molecule has 1 aromatic heterocycles. The number of anilines is 2. The first kappa shape index (κ1) is 35.6. The second kappa shape index (κ2) is 17.1. The molecule has 0 saturated heterocycles. The van der Waals surface area contributed by atoms with Crippen LogP contribution in [0.2, 0.25) is 0 Å². The molecule has 0 spiro atoms. The van der Waals surface area contributed by atoms with Crippen molar-refractivity contribution in [3.05, 3.63) is 95.6 Å². The largest absolute Gasteiger partial charge is 0.491 e. The molecule has 8 nitrogen and oxygen atoms in total. The van der Waals surface area contributed by atoms with E-state index in [2.05, 4.69) is 70.9 Å². The lowest BCUT2D eigenvalue weighted by Crippen LogP contribution is -2.29. The van der Waals surface area contributed by atoms with E-state index in [0.717, 1.165) is 108 Å². The van der Waals surface area contributed by atoms with Gasteiger partial charge < -0.3 is 24.3 Å². The number of hydrogen-bond acceptors (Lipinski definition) is 6. The lowest BCUT2D eigenvalue weighted by molar-refractivity contribution is -0.112. The summed E-state index contributed by atoms with van der Waals surface area (Å²) in [5, 5.41) is 3.10. The monoisotopic (exact) mass is 694 g/mol. The molecule has 9 heteroatoms. The molecule has 0 radical (unpaired) electrons. The molecule has 4 aromatic rings. The number of benzene rings is 3. The molecule has 50 heavy (non-hydrogen) atoms. The van der Waals surface area contributed by atoms with Crippen LogP contribution < -0.4 is 15.0 Å². The Balaban J connectivity index is 1.13. The zero-order chi connectivity index (χ0) is 34.9. The van der Waals surface area contributed by atoms with Crippen LogP contribution >= 0.6 is 0 Å². The Bertz CT molecular complexity index is 1800. The number of hydrogen-bond donors (Lipinski definition) is 1. The number of aryl methyl sites for hydroxylation is 1. The minimum atomic E-state index is -1.20. The molecule has 6 rings (SSSR count). The maximum absolute atomic E-state index is 13.7. The average molecular weight is 695 g/mol. The van der Waals surface area contributed by atoms with Crippen LogP contribution in [0.1, 0.15) is 70.0 Å². The van der Waals surface area contributed by atoms with Crippen LogP contribution in [0.3, 0.4) is 0 Å². The number of fused-ring (bicyclic) bond motifs is 2. The van der Waals surface area contributed by atoms with Crippen molar-refractivity contribution < 1.29 is 18.5 Å². The van der Waals surface area contributed by atoms with Crippen molar-refractivity contribution in [1.82, 2.24) is 9.55 Å². The highest BCUT2D eigenvalue weighted by molar-refractivity contribution is 7.84. The van der Waals surface area contributed by atoms with Crippen molar-refractivity contribution in [2.24, 2.45) is 5.92 Å². The lowest BCUT2D eigenvalue weighted by Gasteiger charge is -2.27. The summed E-state index contributed by atoms with van der Waals surface area (Å²) in [5.74, 6) is 2.71. The number of imidazole rings is 1. The highest BCUT2D eigenvalue weighted by atomic mass is 32.2. The number of carbonyl (C=O) groups is 1. The molecule has 2 aliphatic rings. The second-order valence-corrected chi connectivity index (χ2v) is 15.1. The van der Waals surface area contributed by atoms with Gasteiger partial charge in [-0.1, -0.05) is 45.4 Å². The van der Waals surface area contributed by atoms with Crippen LogP contribution in [-0.4, -0.2) is 52.6 Å². The predicted molar refractivity (Wildman–Crippen MR) is 203 cm³/mol. The van der Waals surface area contributed by atoms with Crippen LogP contribution in [0, 0.1) is 5.92 Å². The number of nitrogens with one attached hydrogen (secondary N) is 1. The van der Waals surface area contributed by atoms with Gasteiger partial charge in [-0.3, -0.25) is 9.00 Å². The van der Waals surface area contributed by atoms with E-state index in [4.69, 9.17) is 9.47 Å². The second-order valence-electron chi connectivity index (χ2n) is 13.6. The van der Waals surface area contributed by atoms with Gasteiger partial charge in [0.05, 0.1) is 28.9 Å². The van der Waals surface area contributed by atoms with Gasteiger partial charge in [-0.2, -0.15) is 0 Å². The first-order valence-electron chi connectivity index (χ1n) is 18.1. The van der Waals surface area contributed by atoms with Gasteiger partial charge in [-0.05, 0) is 103 Å². The molecule has 0 bridgehead atoms. The third-order valence-corrected chi connectivity index (χ3v) is 10.6. The van der Waals surface area contributed by atoms with Crippen LogP contribution in [0.4, 0.5) is 11.4 Å². The Morgan fingerprint density at radius 3 is 2.52 bits per heavy atom. The number of amides is 1. The van der Waals surface area contributed by atoms with Crippen molar-refractivity contribution >= 4 is 34.2 Å². The number of carbonyl (C=O) groups excluding carboxylic acids is 1. The smallest absolute Gasteiger partial charge is 0.251 e. The van der Waals surface area contributed by atoms with Crippen molar-refractivity contribution in [2.45, 2.75) is 76.5 Å². The van der Waals surface area contributed by atoms with E-state index in [0.29, 0.717) is 37.0 Å². The summed E-state index contributed by atoms with van der Waals surface area (Å²) >= 11 is 0. The van der Waals surface area contributed by atoms with E-state index < -0.39 is 10.8 Å². The minimum Gasteiger partial charge on any atom is -0.491 e. The normalized spacial score (nSPS) is 14.8. The van der Waals surface area contributed by atoms with Crippen molar-refractivity contribution in [1.29, 1.82) is 0 Å². The van der Waals surface area contributed by atoms with E-state index in [1.165, 1.54) is 0 Å². The average Bonchev–Trinajstić information content (AvgIpc) is 3.44. The zero-order valence-corrected chi connectivity index (χ0v) is 30.5.